The lowest BCUT2D eigenvalue weighted by Crippen LogP contribution is -2.00. The van der Waals surface area contributed by atoms with Gasteiger partial charge in [0.2, 0.25) is 5.95 Å². The minimum absolute atomic E-state index is 0.245. The molecule has 1 aromatic rings. The van der Waals surface area contributed by atoms with Crippen molar-refractivity contribution in [3.05, 3.63) is 11.9 Å². The van der Waals surface area contributed by atoms with Crippen LogP contribution in [0.2, 0.25) is 0 Å². The molecule has 4 heteroatoms. The van der Waals surface area contributed by atoms with Crippen LogP contribution in [0.3, 0.4) is 0 Å². The minimum Gasteiger partial charge on any atom is -0.366 e. The van der Waals surface area contributed by atoms with E-state index in [-0.39, 0.29) is 5.95 Å². The molecule has 12 heavy (non-hydrogen) atoms. The third-order valence-electron chi connectivity index (χ3n) is 1.66. The molecule has 1 rings (SSSR count). The topological polar surface area (TPSA) is 64.7 Å². The van der Waals surface area contributed by atoms with Gasteiger partial charge in [0.05, 0.1) is 11.9 Å². The van der Waals surface area contributed by atoms with Gasteiger partial charge in [0.15, 0.2) is 0 Å². The highest BCUT2D eigenvalue weighted by molar-refractivity contribution is 5.11. The van der Waals surface area contributed by atoms with Crippen molar-refractivity contribution in [2.45, 2.75) is 32.6 Å². The van der Waals surface area contributed by atoms with Crippen molar-refractivity contribution in [2.24, 2.45) is 0 Å². The summed E-state index contributed by atoms with van der Waals surface area (Å²) in [5.41, 5.74) is 6.23. The first-order chi connectivity index (χ1) is 5.83. The molecule has 66 valence electrons. The van der Waals surface area contributed by atoms with Gasteiger partial charge in [-0.3, -0.25) is 0 Å². The zero-order chi connectivity index (χ0) is 8.81. The maximum atomic E-state index is 5.30. The summed E-state index contributed by atoms with van der Waals surface area (Å²) in [6.45, 7) is 2.17. The van der Waals surface area contributed by atoms with Crippen LogP contribution in [0, 0.1) is 0 Å². The number of hydrogen-bond donors (Lipinski definition) is 1. The lowest BCUT2D eigenvalue weighted by atomic mass is 10.2. The van der Waals surface area contributed by atoms with E-state index in [0.717, 1.165) is 18.5 Å². The Hall–Kier alpha value is -1.19. The number of unbranched alkanes of at least 4 members (excludes halogenated alkanes) is 2. The molecule has 0 saturated carbocycles. The second-order valence-electron chi connectivity index (χ2n) is 2.76. The van der Waals surface area contributed by atoms with Crippen LogP contribution >= 0.6 is 0 Å². The van der Waals surface area contributed by atoms with Crippen molar-refractivity contribution in [1.82, 2.24) is 15.2 Å². The Morgan fingerprint density at radius 3 is 2.75 bits per heavy atom. The maximum absolute atomic E-state index is 5.30. The van der Waals surface area contributed by atoms with Gasteiger partial charge < -0.3 is 5.73 Å². The molecular weight excluding hydrogens is 152 g/mol. The lowest BCUT2D eigenvalue weighted by Gasteiger charge is -1.97. The number of nitrogen functional groups attached to an aromatic ring is 1. The molecular formula is C8H14N4. The first-order valence-corrected chi connectivity index (χ1v) is 4.27. The second-order valence-corrected chi connectivity index (χ2v) is 2.76. The van der Waals surface area contributed by atoms with E-state index in [1.807, 2.05) is 0 Å². The zero-order valence-electron chi connectivity index (χ0n) is 7.32. The Balaban J connectivity index is 2.37. The average molecular weight is 166 g/mol. The Labute approximate surface area is 72.2 Å². The van der Waals surface area contributed by atoms with Crippen molar-refractivity contribution in [3.8, 4) is 0 Å². The molecule has 4 nitrogen and oxygen atoms in total. The van der Waals surface area contributed by atoms with Gasteiger partial charge in [-0.2, -0.15) is 5.10 Å². The lowest BCUT2D eigenvalue weighted by molar-refractivity contribution is 0.696. The highest BCUT2D eigenvalue weighted by Gasteiger charge is 1.95. The molecule has 0 aromatic carbocycles. The molecule has 0 bridgehead atoms. The van der Waals surface area contributed by atoms with Gasteiger partial charge in [0, 0.05) is 0 Å². The standard InChI is InChI=1S/C8H14N4/c1-2-3-4-5-7-6-10-8(9)12-11-7/h6H,2-5H2,1H3,(H2,9,10,12). The molecule has 0 spiro atoms. The van der Waals surface area contributed by atoms with Gasteiger partial charge in [0.1, 0.15) is 0 Å². The summed E-state index contributed by atoms with van der Waals surface area (Å²) >= 11 is 0. The van der Waals surface area contributed by atoms with Crippen molar-refractivity contribution in [2.75, 3.05) is 5.73 Å². The van der Waals surface area contributed by atoms with Crippen molar-refractivity contribution >= 4 is 5.95 Å². The SMILES string of the molecule is CCCCCc1cnc(N)nn1. The van der Waals surface area contributed by atoms with Gasteiger partial charge in [0.25, 0.3) is 0 Å². The fourth-order valence-electron chi connectivity index (χ4n) is 0.978. The molecule has 0 fully saturated rings. The molecule has 0 atom stereocenters. The molecule has 2 N–H and O–H groups in total. The number of hydrogen-bond acceptors (Lipinski definition) is 4. The number of nitrogens with two attached hydrogens (primary N) is 1. The van der Waals surface area contributed by atoms with Crippen LogP contribution < -0.4 is 5.73 Å². The number of anilines is 1. The Kier molecular flexibility index (Phi) is 3.44. The van der Waals surface area contributed by atoms with Crippen LogP contribution in [0.4, 0.5) is 5.95 Å². The quantitative estimate of drug-likeness (QED) is 0.682. The first kappa shape index (κ1) is 8.90. The summed E-state index contributed by atoms with van der Waals surface area (Å²) in [6, 6.07) is 0. The third kappa shape index (κ3) is 2.82. The smallest absolute Gasteiger partial charge is 0.240 e. The third-order valence-corrected chi connectivity index (χ3v) is 1.66. The number of aryl methyl sites for hydroxylation is 1. The summed E-state index contributed by atoms with van der Waals surface area (Å²) in [5, 5.41) is 7.59. The van der Waals surface area contributed by atoms with E-state index in [1.165, 1.54) is 12.8 Å². The highest BCUT2D eigenvalue weighted by Crippen LogP contribution is 2.01. The molecule has 0 aliphatic rings. The van der Waals surface area contributed by atoms with Gasteiger partial charge in [-0.15, -0.1) is 5.10 Å². The Morgan fingerprint density at radius 1 is 1.33 bits per heavy atom. The summed E-state index contributed by atoms with van der Waals surface area (Å²) < 4.78 is 0. The Morgan fingerprint density at radius 2 is 2.17 bits per heavy atom. The van der Waals surface area contributed by atoms with E-state index in [0.29, 0.717) is 0 Å². The number of aromatic nitrogens is 3. The van der Waals surface area contributed by atoms with Gasteiger partial charge in [-0.1, -0.05) is 19.8 Å². The van der Waals surface area contributed by atoms with E-state index < -0.39 is 0 Å². The summed E-state index contributed by atoms with van der Waals surface area (Å²) in [5.74, 6) is 0.245. The van der Waals surface area contributed by atoms with E-state index in [2.05, 4.69) is 22.1 Å². The molecule has 0 radical (unpaired) electrons. The van der Waals surface area contributed by atoms with Crippen LogP contribution in [0.5, 0.6) is 0 Å². The molecule has 1 aromatic heterocycles. The van der Waals surface area contributed by atoms with Crippen LogP contribution in [-0.2, 0) is 6.42 Å². The van der Waals surface area contributed by atoms with E-state index >= 15 is 0 Å². The van der Waals surface area contributed by atoms with E-state index in [4.69, 9.17) is 5.73 Å². The van der Waals surface area contributed by atoms with Gasteiger partial charge >= 0.3 is 0 Å². The van der Waals surface area contributed by atoms with Crippen molar-refractivity contribution < 1.29 is 0 Å². The minimum atomic E-state index is 0.245. The Bertz CT molecular complexity index is 219. The van der Waals surface area contributed by atoms with E-state index in [1.54, 1.807) is 6.20 Å². The first-order valence-electron chi connectivity index (χ1n) is 4.27. The predicted octanol–water partition coefficient (Wildman–Crippen LogP) is 1.19. The van der Waals surface area contributed by atoms with Crippen molar-refractivity contribution in [1.29, 1.82) is 0 Å². The maximum Gasteiger partial charge on any atom is 0.240 e. The van der Waals surface area contributed by atoms with Crippen molar-refractivity contribution in [3.63, 3.8) is 0 Å². The van der Waals surface area contributed by atoms with Gasteiger partial charge in [-0.05, 0) is 12.8 Å². The molecule has 1 heterocycles. The fourth-order valence-corrected chi connectivity index (χ4v) is 0.978. The molecule has 0 saturated heterocycles. The molecule has 0 aliphatic carbocycles. The number of rotatable bonds is 4. The zero-order valence-corrected chi connectivity index (χ0v) is 7.32. The summed E-state index contributed by atoms with van der Waals surface area (Å²) in [4.78, 5) is 3.86. The van der Waals surface area contributed by atoms with E-state index in [9.17, 15) is 0 Å². The number of nitrogens with zero attached hydrogens (tertiary/aromatic N) is 3. The monoisotopic (exact) mass is 166 g/mol. The summed E-state index contributed by atoms with van der Waals surface area (Å²) in [7, 11) is 0. The summed E-state index contributed by atoms with van der Waals surface area (Å²) in [6.07, 6.45) is 6.24. The second kappa shape index (κ2) is 4.64. The largest absolute Gasteiger partial charge is 0.366 e. The fraction of sp³-hybridized carbons (Fsp3) is 0.625. The molecule has 0 amide bonds. The molecule has 0 unspecified atom stereocenters. The predicted molar refractivity (Wildman–Crippen MR) is 47.5 cm³/mol. The van der Waals surface area contributed by atoms with Crippen LogP contribution in [0.25, 0.3) is 0 Å². The van der Waals surface area contributed by atoms with Crippen LogP contribution in [-0.4, -0.2) is 15.2 Å². The van der Waals surface area contributed by atoms with Gasteiger partial charge in [-0.25, -0.2) is 4.98 Å². The van der Waals surface area contributed by atoms with Crippen LogP contribution in [0.15, 0.2) is 6.20 Å². The average Bonchev–Trinajstić information content (AvgIpc) is 2.09. The molecule has 0 aliphatic heterocycles. The normalized spacial score (nSPS) is 10.1. The highest BCUT2D eigenvalue weighted by atomic mass is 15.2. The van der Waals surface area contributed by atoms with Crippen LogP contribution in [0.1, 0.15) is 31.9 Å².